The zero-order valence-corrected chi connectivity index (χ0v) is 21.0. The number of imide groups is 1. The van der Waals surface area contributed by atoms with Gasteiger partial charge < -0.3 is 14.6 Å². The van der Waals surface area contributed by atoms with Crippen LogP contribution in [-0.4, -0.2) is 65.5 Å². The molecule has 0 bridgehead atoms. The largest absolute Gasteiger partial charge is 0.496 e. The van der Waals surface area contributed by atoms with Crippen LogP contribution < -0.4 is 10.1 Å². The van der Waals surface area contributed by atoms with E-state index in [1.54, 1.807) is 48.5 Å². The van der Waals surface area contributed by atoms with Crippen LogP contribution in [0.5, 0.6) is 5.75 Å². The second-order valence-corrected chi connectivity index (χ2v) is 9.82. The Hall–Kier alpha value is -3.37. The van der Waals surface area contributed by atoms with Crippen LogP contribution in [0.3, 0.4) is 0 Å². The molecule has 2 aromatic rings. The minimum atomic E-state index is -1.60. The number of hydrogen-bond donors (Lipinski definition) is 2. The van der Waals surface area contributed by atoms with Gasteiger partial charge in [-0.05, 0) is 42.2 Å². The van der Waals surface area contributed by atoms with Crippen molar-refractivity contribution in [3.05, 3.63) is 65.2 Å². The number of carboxylic acids is 1. The Labute approximate surface area is 213 Å². The van der Waals surface area contributed by atoms with Crippen molar-refractivity contribution in [3.63, 3.8) is 0 Å². The molecule has 2 aliphatic heterocycles. The monoisotopic (exact) mass is 512 g/mol. The molecule has 0 aliphatic carbocycles. The van der Waals surface area contributed by atoms with Gasteiger partial charge in [0, 0.05) is 11.6 Å². The van der Waals surface area contributed by atoms with Gasteiger partial charge in [-0.2, -0.15) is 11.8 Å². The molecule has 0 radical (unpaired) electrons. The number of esters is 1. The van der Waals surface area contributed by atoms with Crippen molar-refractivity contribution in [3.8, 4) is 5.75 Å². The minimum absolute atomic E-state index is 0.0248. The molecule has 9 nitrogen and oxygen atoms in total. The van der Waals surface area contributed by atoms with Gasteiger partial charge in [-0.25, -0.2) is 4.79 Å². The van der Waals surface area contributed by atoms with E-state index in [2.05, 4.69) is 5.32 Å². The molecule has 0 spiro atoms. The second kappa shape index (κ2) is 10.3. The summed E-state index contributed by atoms with van der Waals surface area (Å²) in [6, 6.07) is 12.8. The average molecular weight is 513 g/mol. The zero-order valence-electron chi connectivity index (χ0n) is 20.2. The number of amides is 2. The molecule has 0 aromatic heterocycles. The van der Waals surface area contributed by atoms with Gasteiger partial charge in [0.05, 0.1) is 38.2 Å². The third kappa shape index (κ3) is 4.24. The first-order valence-corrected chi connectivity index (χ1v) is 12.8. The maximum Gasteiger partial charge on any atom is 0.337 e. The van der Waals surface area contributed by atoms with Crippen molar-refractivity contribution in [1.82, 2.24) is 10.2 Å². The second-order valence-electron chi connectivity index (χ2n) is 8.84. The van der Waals surface area contributed by atoms with Crippen molar-refractivity contribution in [2.75, 3.05) is 26.2 Å². The number of fused-ring (bicyclic) bond motifs is 1. The maximum absolute atomic E-state index is 13.7. The summed E-state index contributed by atoms with van der Waals surface area (Å²) < 4.78 is 10.2. The van der Waals surface area contributed by atoms with E-state index < -0.39 is 47.2 Å². The maximum atomic E-state index is 13.7. The van der Waals surface area contributed by atoms with E-state index in [9.17, 15) is 24.3 Å². The van der Waals surface area contributed by atoms with Crippen molar-refractivity contribution in [2.24, 2.45) is 11.8 Å². The first kappa shape index (κ1) is 25.7. The minimum Gasteiger partial charge on any atom is -0.496 e. The Morgan fingerprint density at radius 1 is 1.08 bits per heavy atom. The Bertz CT molecular complexity index is 1190. The predicted molar refractivity (Wildman–Crippen MR) is 133 cm³/mol. The quantitative estimate of drug-likeness (QED) is 0.385. The number of rotatable bonds is 9. The van der Waals surface area contributed by atoms with Gasteiger partial charge in [-0.3, -0.25) is 24.6 Å². The van der Waals surface area contributed by atoms with Crippen molar-refractivity contribution in [2.45, 2.75) is 24.5 Å². The number of nitrogens with zero attached hydrogens (tertiary/aromatic N) is 1. The molecule has 2 saturated heterocycles. The molecule has 2 N–H and O–H groups in total. The number of methoxy groups -OCH3 is 2. The number of carboxylic acid groups (broad SMARTS) is 1. The molecule has 4 rings (SSSR count). The molecule has 190 valence electrons. The van der Waals surface area contributed by atoms with Crippen molar-refractivity contribution < 1.29 is 33.8 Å². The van der Waals surface area contributed by atoms with Gasteiger partial charge in [0.2, 0.25) is 11.8 Å². The van der Waals surface area contributed by atoms with Gasteiger partial charge in [0.15, 0.2) is 0 Å². The van der Waals surface area contributed by atoms with Crippen molar-refractivity contribution >= 4 is 35.5 Å². The Morgan fingerprint density at radius 3 is 2.39 bits per heavy atom. The number of para-hydroxylation sites is 1. The van der Waals surface area contributed by atoms with Crippen LogP contribution in [0.15, 0.2) is 48.5 Å². The topological polar surface area (TPSA) is 122 Å². The number of carbonyl (C=O) groups excluding carboxylic acids is 3. The summed E-state index contributed by atoms with van der Waals surface area (Å²) in [4.78, 5) is 53.1. The van der Waals surface area contributed by atoms with E-state index in [1.165, 1.54) is 26.0 Å². The number of aliphatic carboxylic acids is 1. The molecular formula is C26H28N2O7S. The van der Waals surface area contributed by atoms with E-state index in [4.69, 9.17) is 9.47 Å². The third-order valence-electron chi connectivity index (χ3n) is 7.02. The normalized spacial score (nSPS) is 25.1. The number of thioether (sulfide) groups is 1. The summed E-state index contributed by atoms with van der Waals surface area (Å²) in [7, 11) is 2.80. The van der Waals surface area contributed by atoms with Crippen LogP contribution in [0.2, 0.25) is 0 Å². The van der Waals surface area contributed by atoms with Crippen molar-refractivity contribution in [1.29, 1.82) is 0 Å². The van der Waals surface area contributed by atoms with Gasteiger partial charge in [-0.15, -0.1) is 0 Å². The lowest BCUT2D eigenvalue weighted by Gasteiger charge is -2.31. The molecule has 36 heavy (non-hydrogen) atoms. The fourth-order valence-electron chi connectivity index (χ4n) is 5.25. The van der Waals surface area contributed by atoms with Crippen LogP contribution >= 0.6 is 11.8 Å². The highest BCUT2D eigenvalue weighted by Gasteiger charge is 2.68. The molecule has 2 aromatic carbocycles. The SMILES string of the molecule is COC(=O)c1ccc(CN2C(=O)C3C(c4ccccc4OC)NC(CCSC)(C(=O)O)C3C2=O)cc1. The summed E-state index contributed by atoms with van der Waals surface area (Å²) in [5, 5.41) is 13.6. The fourth-order valence-corrected chi connectivity index (χ4v) is 5.78. The van der Waals surface area contributed by atoms with E-state index in [0.717, 1.165) is 4.90 Å². The molecular weight excluding hydrogens is 484 g/mol. The number of carbonyl (C=O) groups is 4. The summed E-state index contributed by atoms with van der Waals surface area (Å²) in [5.74, 6) is -3.56. The summed E-state index contributed by atoms with van der Waals surface area (Å²) in [5.41, 5.74) is 0.0126. The first-order valence-electron chi connectivity index (χ1n) is 11.4. The lowest BCUT2D eigenvalue weighted by molar-refractivity contribution is -0.151. The molecule has 2 aliphatic rings. The lowest BCUT2D eigenvalue weighted by Crippen LogP contribution is -2.56. The number of nitrogens with one attached hydrogen (secondary N) is 1. The molecule has 4 atom stereocenters. The summed E-state index contributed by atoms with van der Waals surface area (Å²) >= 11 is 1.48. The third-order valence-corrected chi connectivity index (χ3v) is 7.63. The fraction of sp³-hybridized carbons (Fsp3) is 0.385. The summed E-state index contributed by atoms with van der Waals surface area (Å²) in [6.45, 7) is -0.0248. The van der Waals surface area contributed by atoms with E-state index in [-0.39, 0.29) is 13.0 Å². The molecule has 2 fully saturated rings. The van der Waals surface area contributed by atoms with Crippen LogP contribution in [-0.2, 0) is 25.7 Å². The van der Waals surface area contributed by atoms with Crippen LogP contribution in [0, 0.1) is 11.8 Å². The molecule has 2 amide bonds. The zero-order chi connectivity index (χ0) is 26.0. The Balaban J connectivity index is 1.74. The number of ether oxygens (including phenoxy) is 2. The van der Waals surface area contributed by atoms with E-state index >= 15 is 0 Å². The Kier molecular flexibility index (Phi) is 7.37. The highest BCUT2D eigenvalue weighted by atomic mass is 32.2. The number of hydrogen-bond acceptors (Lipinski definition) is 8. The molecule has 4 unspecified atom stereocenters. The molecule has 2 heterocycles. The number of benzene rings is 2. The van der Waals surface area contributed by atoms with Gasteiger partial charge in [0.25, 0.3) is 0 Å². The predicted octanol–water partition coefficient (Wildman–Crippen LogP) is 2.50. The lowest BCUT2D eigenvalue weighted by atomic mass is 9.78. The van der Waals surface area contributed by atoms with E-state index in [0.29, 0.717) is 28.2 Å². The highest BCUT2D eigenvalue weighted by Crippen LogP contribution is 2.51. The average Bonchev–Trinajstić information content (AvgIpc) is 3.37. The van der Waals surface area contributed by atoms with Gasteiger partial charge >= 0.3 is 11.9 Å². The number of likely N-dealkylation sites (tertiary alicyclic amines) is 1. The van der Waals surface area contributed by atoms with Gasteiger partial charge in [-0.1, -0.05) is 30.3 Å². The van der Waals surface area contributed by atoms with Crippen LogP contribution in [0.4, 0.5) is 0 Å². The standard InChI is InChI=1S/C26H28N2O7S/c1-34-18-7-5-4-6-17(18)21-19-20(26(27-21,25(32)33)12-13-36-3)23(30)28(22(19)29)14-15-8-10-16(11-9-15)24(31)35-2/h4-11,19-21,27H,12-14H2,1-3H3,(H,32,33). The van der Waals surface area contributed by atoms with Gasteiger partial charge in [0.1, 0.15) is 11.3 Å². The smallest absolute Gasteiger partial charge is 0.337 e. The van der Waals surface area contributed by atoms with Crippen LogP contribution in [0.25, 0.3) is 0 Å². The van der Waals surface area contributed by atoms with Crippen LogP contribution in [0.1, 0.15) is 33.9 Å². The summed E-state index contributed by atoms with van der Waals surface area (Å²) in [6.07, 6.45) is 2.04. The molecule has 0 saturated carbocycles. The highest BCUT2D eigenvalue weighted by molar-refractivity contribution is 7.98. The Morgan fingerprint density at radius 2 is 1.78 bits per heavy atom. The molecule has 10 heteroatoms. The first-order chi connectivity index (χ1) is 17.3. The van der Waals surface area contributed by atoms with E-state index in [1.807, 2.05) is 6.26 Å².